The van der Waals surface area contributed by atoms with Crippen LogP contribution in [0.4, 0.5) is 0 Å². The van der Waals surface area contributed by atoms with E-state index in [0.717, 1.165) is 6.42 Å². The highest BCUT2D eigenvalue weighted by Crippen LogP contribution is 2.19. The molecule has 2 N–H and O–H groups in total. The van der Waals surface area contributed by atoms with Crippen LogP contribution in [0.25, 0.3) is 0 Å². The molecule has 1 unspecified atom stereocenters. The predicted octanol–water partition coefficient (Wildman–Crippen LogP) is 1.99. The summed E-state index contributed by atoms with van der Waals surface area (Å²) >= 11 is 1.19. The van der Waals surface area contributed by atoms with Gasteiger partial charge in [-0.3, -0.25) is 9.59 Å². The van der Waals surface area contributed by atoms with Crippen LogP contribution in [0.15, 0.2) is 0 Å². The minimum absolute atomic E-state index is 0.0287. The number of carbonyl (C=O) groups is 2. The first-order valence-corrected chi connectivity index (χ1v) is 7.00. The number of carboxylic acid groups (broad SMARTS) is 1. The van der Waals surface area contributed by atoms with E-state index >= 15 is 0 Å². The lowest BCUT2D eigenvalue weighted by Crippen LogP contribution is -2.30. The summed E-state index contributed by atoms with van der Waals surface area (Å²) in [4.78, 5) is 22.4. The fourth-order valence-electron chi connectivity index (χ4n) is 1.27. The van der Waals surface area contributed by atoms with Crippen molar-refractivity contribution in [3.8, 4) is 0 Å². The summed E-state index contributed by atoms with van der Waals surface area (Å²) in [5, 5.41) is 11.2. The van der Waals surface area contributed by atoms with Gasteiger partial charge in [0.25, 0.3) is 0 Å². The maximum absolute atomic E-state index is 11.4. The van der Waals surface area contributed by atoms with Gasteiger partial charge in [0, 0.05) is 6.54 Å². The molecule has 0 aliphatic rings. The number of carboxylic acids is 1. The molecular weight excluding hydrogens is 238 g/mol. The molecule has 0 aromatic carbocycles. The number of nitrogens with one attached hydrogen (secondary N) is 1. The second-order valence-electron chi connectivity index (χ2n) is 4.85. The Bertz CT molecular complexity index is 254. The van der Waals surface area contributed by atoms with Crippen LogP contribution in [0, 0.1) is 11.8 Å². The molecule has 0 heterocycles. The van der Waals surface area contributed by atoms with Crippen LogP contribution >= 0.6 is 11.8 Å². The molecule has 0 aromatic rings. The Morgan fingerprint density at radius 1 is 1.24 bits per heavy atom. The van der Waals surface area contributed by atoms with Crippen LogP contribution in [0.3, 0.4) is 0 Å². The van der Waals surface area contributed by atoms with Gasteiger partial charge >= 0.3 is 5.97 Å². The van der Waals surface area contributed by atoms with Crippen molar-refractivity contribution in [1.29, 1.82) is 0 Å². The maximum atomic E-state index is 11.4. The Labute approximate surface area is 108 Å². The Kier molecular flexibility index (Phi) is 8.04. The molecule has 0 aliphatic heterocycles. The molecule has 0 saturated carbocycles. The summed E-state index contributed by atoms with van der Waals surface area (Å²) in [5.74, 6) is -0.123. The zero-order valence-electron chi connectivity index (χ0n) is 11.0. The minimum atomic E-state index is -0.847. The van der Waals surface area contributed by atoms with Crippen LogP contribution < -0.4 is 5.32 Å². The lowest BCUT2D eigenvalue weighted by molar-refractivity contribution is -0.137. The molecular formula is C12H23NO3S. The summed E-state index contributed by atoms with van der Waals surface area (Å²) in [7, 11) is 0. The van der Waals surface area contributed by atoms with Crippen molar-refractivity contribution in [1.82, 2.24) is 5.32 Å². The largest absolute Gasteiger partial charge is 0.480 e. The quantitative estimate of drug-likeness (QED) is 0.701. The van der Waals surface area contributed by atoms with Gasteiger partial charge in [0.2, 0.25) is 5.91 Å². The van der Waals surface area contributed by atoms with Crippen molar-refractivity contribution >= 4 is 23.6 Å². The minimum Gasteiger partial charge on any atom is -0.480 e. The first-order chi connectivity index (χ1) is 7.84. The summed E-state index contributed by atoms with van der Waals surface area (Å²) in [6, 6.07) is 0. The van der Waals surface area contributed by atoms with Gasteiger partial charge in [-0.15, -0.1) is 11.8 Å². The molecule has 0 radical (unpaired) electrons. The molecule has 1 atom stereocenters. The van der Waals surface area contributed by atoms with Gasteiger partial charge in [0.05, 0.1) is 5.75 Å². The maximum Gasteiger partial charge on any atom is 0.316 e. The van der Waals surface area contributed by atoms with E-state index in [1.807, 2.05) is 13.8 Å². The van der Waals surface area contributed by atoms with Crippen molar-refractivity contribution < 1.29 is 14.7 Å². The molecule has 0 rings (SSSR count). The highest BCUT2D eigenvalue weighted by Gasteiger charge is 2.22. The zero-order valence-corrected chi connectivity index (χ0v) is 11.8. The van der Waals surface area contributed by atoms with E-state index in [9.17, 15) is 9.59 Å². The summed E-state index contributed by atoms with van der Waals surface area (Å²) in [5.41, 5.74) is 0. The Morgan fingerprint density at radius 3 is 2.24 bits per heavy atom. The number of amides is 1. The molecule has 4 nitrogen and oxygen atoms in total. The molecule has 0 aliphatic carbocycles. The third-order valence-corrected chi connectivity index (χ3v) is 3.82. The first kappa shape index (κ1) is 16.3. The van der Waals surface area contributed by atoms with Crippen LogP contribution in [0.5, 0.6) is 0 Å². The second-order valence-corrected chi connectivity index (χ2v) is 5.98. The highest BCUT2D eigenvalue weighted by atomic mass is 32.2. The molecule has 17 heavy (non-hydrogen) atoms. The fourth-order valence-corrected chi connectivity index (χ4v) is 2.23. The number of thioether (sulfide) groups is 1. The van der Waals surface area contributed by atoms with E-state index in [1.54, 1.807) is 0 Å². The van der Waals surface area contributed by atoms with Gasteiger partial charge in [-0.25, -0.2) is 0 Å². The van der Waals surface area contributed by atoms with E-state index in [0.29, 0.717) is 12.5 Å². The van der Waals surface area contributed by atoms with E-state index in [-0.39, 0.29) is 17.6 Å². The molecule has 0 fully saturated rings. The number of hydrogen-bond donors (Lipinski definition) is 2. The third-order valence-electron chi connectivity index (χ3n) is 2.29. The van der Waals surface area contributed by atoms with E-state index in [1.165, 1.54) is 11.8 Å². The second kappa shape index (κ2) is 8.39. The van der Waals surface area contributed by atoms with Crippen molar-refractivity contribution in [2.45, 2.75) is 39.4 Å². The lowest BCUT2D eigenvalue weighted by Gasteiger charge is -2.15. The molecule has 0 saturated heterocycles. The van der Waals surface area contributed by atoms with Crippen molar-refractivity contribution in [3.05, 3.63) is 0 Å². The standard InChI is InChI=1S/C12H23NO3S/c1-8(2)5-6-13-10(14)7-17-11(9(3)4)12(15)16/h8-9,11H,5-7H2,1-4H3,(H,13,14)(H,15,16). The molecule has 0 aromatic heterocycles. The first-order valence-electron chi connectivity index (χ1n) is 5.95. The summed E-state index contributed by atoms with van der Waals surface area (Å²) < 4.78 is 0. The van der Waals surface area contributed by atoms with Gasteiger partial charge in [0.15, 0.2) is 0 Å². The Morgan fingerprint density at radius 2 is 1.82 bits per heavy atom. The van der Waals surface area contributed by atoms with Crippen LogP contribution in [-0.2, 0) is 9.59 Å². The van der Waals surface area contributed by atoms with Crippen molar-refractivity contribution in [2.75, 3.05) is 12.3 Å². The molecule has 0 bridgehead atoms. The summed E-state index contributed by atoms with van der Waals surface area (Å²) in [6.45, 7) is 8.56. The fraction of sp³-hybridized carbons (Fsp3) is 0.833. The monoisotopic (exact) mass is 261 g/mol. The van der Waals surface area contributed by atoms with Crippen molar-refractivity contribution in [3.63, 3.8) is 0 Å². The Balaban J connectivity index is 3.85. The van der Waals surface area contributed by atoms with E-state index in [4.69, 9.17) is 5.11 Å². The van der Waals surface area contributed by atoms with Gasteiger partial charge in [-0.2, -0.15) is 0 Å². The third kappa shape index (κ3) is 8.07. The topological polar surface area (TPSA) is 66.4 Å². The van der Waals surface area contributed by atoms with Gasteiger partial charge in [-0.05, 0) is 18.3 Å². The average molecular weight is 261 g/mol. The van der Waals surface area contributed by atoms with Gasteiger partial charge in [-0.1, -0.05) is 27.7 Å². The molecule has 1 amide bonds. The SMILES string of the molecule is CC(C)CCNC(=O)CSC(C(=O)O)C(C)C. The molecule has 5 heteroatoms. The number of aliphatic carboxylic acids is 1. The number of carbonyl (C=O) groups excluding carboxylic acids is 1. The smallest absolute Gasteiger partial charge is 0.316 e. The van der Waals surface area contributed by atoms with Crippen LogP contribution in [-0.4, -0.2) is 34.5 Å². The zero-order chi connectivity index (χ0) is 13.4. The molecule has 0 spiro atoms. The predicted molar refractivity (Wildman–Crippen MR) is 71.2 cm³/mol. The number of hydrogen-bond acceptors (Lipinski definition) is 3. The van der Waals surface area contributed by atoms with Crippen molar-refractivity contribution in [2.24, 2.45) is 11.8 Å². The van der Waals surface area contributed by atoms with Gasteiger partial charge in [0.1, 0.15) is 5.25 Å². The van der Waals surface area contributed by atoms with E-state index < -0.39 is 11.2 Å². The lowest BCUT2D eigenvalue weighted by atomic mass is 10.1. The Hall–Kier alpha value is -0.710. The normalized spacial score (nSPS) is 12.8. The van der Waals surface area contributed by atoms with E-state index in [2.05, 4.69) is 19.2 Å². The van der Waals surface area contributed by atoms with Crippen LogP contribution in [0.1, 0.15) is 34.1 Å². The molecule has 100 valence electrons. The summed E-state index contributed by atoms with van der Waals surface area (Å²) in [6.07, 6.45) is 0.947. The highest BCUT2D eigenvalue weighted by molar-refractivity contribution is 8.01. The van der Waals surface area contributed by atoms with Gasteiger partial charge < -0.3 is 10.4 Å². The van der Waals surface area contributed by atoms with Crippen LogP contribution in [0.2, 0.25) is 0 Å². The average Bonchev–Trinajstić information content (AvgIpc) is 2.15. The number of rotatable bonds is 8.